The van der Waals surface area contributed by atoms with Gasteiger partial charge in [-0.2, -0.15) is 8.78 Å². The smallest absolute Gasteiger partial charge is 0.430 e. The number of phenols is 1. The van der Waals surface area contributed by atoms with Gasteiger partial charge in [-0.25, -0.2) is 4.39 Å². The first kappa shape index (κ1) is 9.18. The highest BCUT2D eigenvalue weighted by atomic mass is 19.3. The van der Waals surface area contributed by atoms with Gasteiger partial charge in [0.15, 0.2) is 0 Å². The van der Waals surface area contributed by atoms with Crippen LogP contribution in [0.3, 0.4) is 0 Å². The lowest BCUT2D eigenvalue weighted by molar-refractivity contribution is -0.226. The predicted octanol–water partition coefficient (Wildman–Crippen LogP) is 2.26. The Balaban J connectivity index is 2.41. The van der Waals surface area contributed by atoms with E-state index in [9.17, 15) is 13.2 Å². The number of aromatic hydroxyl groups is 1. The van der Waals surface area contributed by atoms with Gasteiger partial charge in [0.2, 0.25) is 6.17 Å². The van der Waals surface area contributed by atoms with E-state index in [1.165, 1.54) is 18.2 Å². The van der Waals surface area contributed by atoms with E-state index >= 15 is 0 Å². The predicted molar refractivity (Wildman–Crippen MR) is 42.3 cm³/mol. The van der Waals surface area contributed by atoms with Crippen LogP contribution in [0.5, 0.6) is 11.5 Å². The molecule has 2 nitrogen and oxygen atoms in total. The zero-order valence-corrected chi connectivity index (χ0v) is 7.01. The zero-order valence-electron chi connectivity index (χ0n) is 7.01. The van der Waals surface area contributed by atoms with Crippen molar-refractivity contribution in [1.29, 1.82) is 0 Å². The third kappa shape index (κ3) is 1.38. The fourth-order valence-electron chi connectivity index (χ4n) is 1.35. The van der Waals surface area contributed by atoms with Crippen LogP contribution in [0.15, 0.2) is 18.2 Å². The van der Waals surface area contributed by atoms with E-state index in [-0.39, 0.29) is 17.1 Å². The summed E-state index contributed by atoms with van der Waals surface area (Å²) in [4.78, 5) is 0. The average molecular weight is 204 g/mol. The number of fused-ring (bicyclic) bond motifs is 1. The van der Waals surface area contributed by atoms with Crippen molar-refractivity contribution in [1.82, 2.24) is 0 Å². The molecule has 0 fully saturated rings. The van der Waals surface area contributed by atoms with Crippen molar-refractivity contribution in [2.75, 3.05) is 0 Å². The molecule has 0 amide bonds. The van der Waals surface area contributed by atoms with E-state index < -0.39 is 18.7 Å². The molecule has 0 aromatic heterocycles. The van der Waals surface area contributed by atoms with Crippen molar-refractivity contribution >= 4 is 0 Å². The van der Waals surface area contributed by atoms with E-state index in [1.807, 2.05) is 0 Å². The number of halogens is 3. The molecule has 5 heteroatoms. The Hall–Kier alpha value is -1.39. The molecule has 1 aliphatic heterocycles. The van der Waals surface area contributed by atoms with Gasteiger partial charge < -0.3 is 9.84 Å². The second-order valence-electron chi connectivity index (χ2n) is 3.13. The molecule has 76 valence electrons. The van der Waals surface area contributed by atoms with Crippen LogP contribution in [0.25, 0.3) is 0 Å². The highest BCUT2D eigenvalue weighted by molar-refractivity contribution is 5.41. The standard InChI is InChI=1S/C9H7F3O2/c10-8-4-5-3-6(13)1-2-7(5)14-9(8,11)12/h1-3,8,13H,4H2. The van der Waals surface area contributed by atoms with Crippen LogP contribution in [0.4, 0.5) is 13.2 Å². The Bertz CT molecular complexity index is 365. The molecule has 1 atom stereocenters. The van der Waals surface area contributed by atoms with Gasteiger partial charge in [-0.1, -0.05) is 0 Å². The van der Waals surface area contributed by atoms with Crippen LogP contribution < -0.4 is 4.74 Å². The SMILES string of the molecule is Oc1ccc2c(c1)CC(F)C(F)(F)O2. The van der Waals surface area contributed by atoms with Crippen LogP contribution in [0, 0.1) is 0 Å². The molecule has 0 spiro atoms. The third-order valence-electron chi connectivity index (χ3n) is 2.05. The number of hydrogen-bond acceptors (Lipinski definition) is 2. The molecule has 0 radical (unpaired) electrons. The Kier molecular flexibility index (Phi) is 1.83. The molecule has 1 N–H and O–H groups in total. The van der Waals surface area contributed by atoms with E-state index in [0.717, 1.165) is 0 Å². The first-order valence-electron chi connectivity index (χ1n) is 4.02. The van der Waals surface area contributed by atoms with Crippen LogP contribution in [0.1, 0.15) is 5.56 Å². The molecule has 14 heavy (non-hydrogen) atoms. The van der Waals surface area contributed by atoms with Crippen LogP contribution >= 0.6 is 0 Å². The van der Waals surface area contributed by atoms with Crippen molar-refractivity contribution in [3.8, 4) is 11.5 Å². The topological polar surface area (TPSA) is 29.5 Å². The molecule has 1 aromatic carbocycles. The van der Waals surface area contributed by atoms with Gasteiger partial charge in [0.1, 0.15) is 11.5 Å². The summed E-state index contributed by atoms with van der Waals surface area (Å²) < 4.78 is 42.4. The van der Waals surface area contributed by atoms with Crippen LogP contribution in [-0.2, 0) is 6.42 Å². The van der Waals surface area contributed by atoms with Gasteiger partial charge in [0.25, 0.3) is 0 Å². The molecule has 1 aliphatic rings. The average Bonchev–Trinajstić information content (AvgIpc) is 2.08. The highest BCUT2D eigenvalue weighted by Crippen LogP contribution is 2.38. The maximum atomic E-state index is 12.8. The van der Waals surface area contributed by atoms with Crippen molar-refractivity contribution in [2.24, 2.45) is 0 Å². The normalized spacial score (nSPS) is 23.8. The third-order valence-corrected chi connectivity index (χ3v) is 2.05. The first-order valence-corrected chi connectivity index (χ1v) is 4.02. The van der Waals surface area contributed by atoms with Crippen molar-refractivity contribution in [3.05, 3.63) is 23.8 Å². The Morgan fingerprint density at radius 1 is 1.43 bits per heavy atom. The van der Waals surface area contributed by atoms with Gasteiger partial charge in [-0.15, -0.1) is 0 Å². The Morgan fingerprint density at radius 2 is 2.14 bits per heavy atom. The number of ether oxygens (including phenoxy) is 1. The number of rotatable bonds is 0. The molecular weight excluding hydrogens is 197 g/mol. The quantitative estimate of drug-likeness (QED) is 0.702. The summed E-state index contributed by atoms with van der Waals surface area (Å²) >= 11 is 0. The van der Waals surface area contributed by atoms with Crippen molar-refractivity contribution in [3.63, 3.8) is 0 Å². The number of benzene rings is 1. The molecule has 0 aliphatic carbocycles. The highest BCUT2D eigenvalue weighted by Gasteiger charge is 2.47. The number of alkyl halides is 3. The fraction of sp³-hybridized carbons (Fsp3) is 0.333. The monoisotopic (exact) mass is 204 g/mol. The second kappa shape index (κ2) is 2.80. The summed E-state index contributed by atoms with van der Waals surface area (Å²) in [5.41, 5.74) is 0.253. The molecule has 0 saturated carbocycles. The van der Waals surface area contributed by atoms with Crippen LogP contribution in [-0.4, -0.2) is 17.4 Å². The molecule has 1 heterocycles. The Morgan fingerprint density at radius 3 is 2.86 bits per heavy atom. The zero-order chi connectivity index (χ0) is 10.3. The van der Waals surface area contributed by atoms with Gasteiger partial charge in [-0.05, 0) is 18.2 Å². The molecular formula is C9H7F3O2. The van der Waals surface area contributed by atoms with Crippen LogP contribution in [0.2, 0.25) is 0 Å². The van der Waals surface area contributed by atoms with E-state index in [1.54, 1.807) is 0 Å². The number of hydrogen-bond donors (Lipinski definition) is 1. The van der Waals surface area contributed by atoms with E-state index in [0.29, 0.717) is 0 Å². The summed E-state index contributed by atoms with van der Waals surface area (Å²) in [5.74, 6) is -0.175. The number of phenolic OH excluding ortho intramolecular Hbond substituents is 1. The fourth-order valence-corrected chi connectivity index (χ4v) is 1.35. The van der Waals surface area contributed by atoms with Gasteiger partial charge in [0.05, 0.1) is 0 Å². The van der Waals surface area contributed by atoms with Crippen molar-refractivity contribution < 1.29 is 23.0 Å². The van der Waals surface area contributed by atoms with E-state index in [4.69, 9.17) is 5.11 Å². The summed E-state index contributed by atoms with van der Waals surface area (Å²) in [6.45, 7) is 0. The second-order valence-corrected chi connectivity index (χ2v) is 3.13. The maximum Gasteiger partial charge on any atom is 0.430 e. The largest absolute Gasteiger partial charge is 0.508 e. The van der Waals surface area contributed by atoms with Gasteiger partial charge in [0, 0.05) is 12.0 Å². The summed E-state index contributed by atoms with van der Waals surface area (Å²) in [7, 11) is 0. The molecule has 1 unspecified atom stereocenters. The molecule has 0 bridgehead atoms. The Labute approximate surface area is 77.9 Å². The summed E-state index contributed by atoms with van der Waals surface area (Å²) in [6, 6.07) is 3.63. The minimum atomic E-state index is -3.77. The lowest BCUT2D eigenvalue weighted by atomic mass is 10.0. The maximum absolute atomic E-state index is 12.8. The molecule has 1 aromatic rings. The minimum Gasteiger partial charge on any atom is -0.508 e. The summed E-state index contributed by atoms with van der Waals surface area (Å²) in [5, 5.41) is 9.04. The minimum absolute atomic E-state index is 0.0818. The molecule has 2 rings (SSSR count). The van der Waals surface area contributed by atoms with Crippen molar-refractivity contribution in [2.45, 2.75) is 18.7 Å². The lowest BCUT2D eigenvalue weighted by Gasteiger charge is -2.28. The molecule has 0 saturated heterocycles. The first-order chi connectivity index (χ1) is 6.49. The summed E-state index contributed by atoms with van der Waals surface area (Å²) in [6.07, 6.45) is -6.59. The van der Waals surface area contributed by atoms with E-state index in [2.05, 4.69) is 4.74 Å². The van der Waals surface area contributed by atoms with Gasteiger partial charge >= 0.3 is 6.11 Å². The lowest BCUT2D eigenvalue weighted by Crippen LogP contribution is -2.41. The van der Waals surface area contributed by atoms with Gasteiger partial charge in [-0.3, -0.25) is 0 Å².